The van der Waals surface area contributed by atoms with Crippen LogP contribution in [0.15, 0.2) is 11.6 Å². The van der Waals surface area contributed by atoms with Gasteiger partial charge in [0.15, 0.2) is 5.78 Å². The molecular weight excluding hydrogens is 448 g/mol. The predicted molar refractivity (Wildman–Crippen MR) is 141 cm³/mol. The van der Waals surface area contributed by atoms with E-state index in [0.29, 0.717) is 12.2 Å². The monoisotopic (exact) mass is 496 g/mol. The Hall–Kier alpha value is -1.45. The van der Waals surface area contributed by atoms with E-state index in [0.717, 1.165) is 57.8 Å². The topological polar surface area (TPSA) is 60.4 Å². The molecule has 0 saturated heterocycles. The van der Waals surface area contributed by atoms with Crippen LogP contribution in [0.25, 0.3) is 0 Å². The Kier molecular flexibility index (Phi) is 5.66. The zero-order valence-corrected chi connectivity index (χ0v) is 24.0. The SMILES string of the molecule is CC[C@]1(C)C(=O)CC[C@]2(C)C3=CC(=O)[C@@H]4[C@@H]5CC(C)(C)CC[C@]5(C(=O)OC)CC[C@@]4(C)[C@]3(C)CC[C@@H]12. The third-order valence-corrected chi connectivity index (χ3v) is 13.3. The number of fused-ring (bicyclic) bond motifs is 7. The second-order valence-electron chi connectivity index (χ2n) is 15.0. The summed E-state index contributed by atoms with van der Waals surface area (Å²) in [5.74, 6) is 0.703. The summed E-state index contributed by atoms with van der Waals surface area (Å²) in [5.41, 5.74) is 0.168. The number of ketones is 2. The maximum absolute atomic E-state index is 14.4. The number of carbonyl (C=O) groups is 3. The zero-order valence-electron chi connectivity index (χ0n) is 24.0. The molecule has 0 heterocycles. The summed E-state index contributed by atoms with van der Waals surface area (Å²) < 4.78 is 5.43. The summed E-state index contributed by atoms with van der Waals surface area (Å²) in [7, 11) is 1.51. The summed E-state index contributed by atoms with van der Waals surface area (Å²) >= 11 is 0. The van der Waals surface area contributed by atoms with Gasteiger partial charge in [-0.25, -0.2) is 0 Å². The van der Waals surface area contributed by atoms with Gasteiger partial charge < -0.3 is 4.74 Å². The number of ether oxygens (including phenoxy) is 1. The number of Topliss-reactive ketones (excluding diaryl/α,β-unsaturated/α-hetero) is 1. The van der Waals surface area contributed by atoms with Crippen molar-refractivity contribution in [2.75, 3.05) is 7.11 Å². The Balaban J connectivity index is 1.65. The van der Waals surface area contributed by atoms with Gasteiger partial charge >= 0.3 is 5.97 Å². The molecule has 8 atom stereocenters. The molecule has 0 aliphatic heterocycles. The van der Waals surface area contributed by atoms with Crippen molar-refractivity contribution >= 4 is 17.5 Å². The number of esters is 1. The number of hydrogen-bond donors (Lipinski definition) is 0. The molecule has 0 amide bonds. The lowest BCUT2D eigenvalue weighted by molar-refractivity contribution is -0.193. The predicted octanol–water partition coefficient (Wildman–Crippen LogP) is 7.10. The van der Waals surface area contributed by atoms with Crippen LogP contribution in [-0.4, -0.2) is 24.6 Å². The molecule has 0 spiro atoms. The maximum Gasteiger partial charge on any atom is 0.312 e. The molecule has 0 aromatic rings. The molecule has 0 N–H and O–H groups in total. The molecule has 36 heavy (non-hydrogen) atoms. The molecule has 0 aromatic carbocycles. The Labute approximate surface area is 218 Å². The first-order valence-corrected chi connectivity index (χ1v) is 14.5. The fourth-order valence-corrected chi connectivity index (χ4v) is 10.6. The lowest BCUT2D eigenvalue weighted by Crippen LogP contribution is -2.66. The van der Waals surface area contributed by atoms with E-state index in [1.165, 1.54) is 12.7 Å². The van der Waals surface area contributed by atoms with E-state index < -0.39 is 5.41 Å². The number of rotatable bonds is 2. The van der Waals surface area contributed by atoms with Gasteiger partial charge in [-0.3, -0.25) is 14.4 Å². The molecule has 4 saturated carbocycles. The number of carbonyl (C=O) groups excluding carboxylic acids is 3. The van der Waals surface area contributed by atoms with E-state index in [2.05, 4.69) is 48.5 Å². The highest BCUT2D eigenvalue weighted by Crippen LogP contribution is 2.75. The van der Waals surface area contributed by atoms with Crippen molar-refractivity contribution in [2.24, 2.45) is 50.2 Å². The van der Waals surface area contributed by atoms with Gasteiger partial charge in [-0.1, -0.05) is 54.0 Å². The highest BCUT2D eigenvalue weighted by atomic mass is 16.5. The van der Waals surface area contributed by atoms with Crippen LogP contribution in [0.2, 0.25) is 0 Å². The van der Waals surface area contributed by atoms with Crippen molar-refractivity contribution < 1.29 is 19.1 Å². The molecule has 0 radical (unpaired) electrons. The van der Waals surface area contributed by atoms with E-state index in [1.807, 2.05) is 6.08 Å². The Bertz CT molecular complexity index is 1040. The summed E-state index contributed by atoms with van der Waals surface area (Å²) in [4.78, 5) is 40.9. The number of hydrogen-bond acceptors (Lipinski definition) is 4. The van der Waals surface area contributed by atoms with Crippen LogP contribution in [0.5, 0.6) is 0 Å². The zero-order chi connectivity index (χ0) is 26.5. The largest absolute Gasteiger partial charge is 0.469 e. The molecular formula is C32H48O4. The van der Waals surface area contributed by atoms with Crippen molar-refractivity contribution in [3.05, 3.63) is 11.6 Å². The average Bonchev–Trinajstić information content (AvgIpc) is 2.82. The molecule has 0 aromatic heterocycles. The highest BCUT2D eigenvalue weighted by Gasteiger charge is 2.71. The molecule has 200 valence electrons. The molecule has 0 unspecified atom stereocenters. The van der Waals surface area contributed by atoms with E-state index in [9.17, 15) is 14.4 Å². The van der Waals surface area contributed by atoms with Gasteiger partial charge in [0.05, 0.1) is 12.5 Å². The summed E-state index contributed by atoms with van der Waals surface area (Å²) in [6.07, 6.45) is 10.8. The molecule has 4 fully saturated rings. The normalized spacial score (nSPS) is 49.7. The minimum Gasteiger partial charge on any atom is -0.469 e. The fraction of sp³-hybridized carbons (Fsp3) is 0.844. The lowest BCUT2D eigenvalue weighted by atomic mass is 9.33. The Morgan fingerprint density at radius 1 is 0.972 bits per heavy atom. The first kappa shape index (κ1) is 26.2. The van der Waals surface area contributed by atoms with Gasteiger partial charge in [0.1, 0.15) is 5.78 Å². The molecule has 4 nitrogen and oxygen atoms in total. The molecule has 5 aliphatic carbocycles. The third kappa shape index (κ3) is 3.02. The third-order valence-electron chi connectivity index (χ3n) is 13.3. The van der Waals surface area contributed by atoms with E-state index in [-0.39, 0.29) is 56.6 Å². The van der Waals surface area contributed by atoms with Gasteiger partial charge in [0, 0.05) is 17.8 Å². The van der Waals surface area contributed by atoms with Crippen LogP contribution < -0.4 is 0 Å². The molecule has 4 heteroatoms. The minimum atomic E-state index is -0.537. The second kappa shape index (κ2) is 7.79. The maximum atomic E-state index is 14.4. The lowest BCUT2D eigenvalue weighted by Gasteiger charge is -2.69. The number of methoxy groups -OCH3 is 1. The van der Waals surface area contributed by atoms with Crippen LogP contribution in [-0.2, 0) is 19.1 Å². The number of allylic oxidation sites excluding steroid dienone is 2. The molecule has 5 aliphatic rings. The first-order valence-electron chi connectivity index (χ1n) is 14.5. The first-order chi connectivity index (χ1) is 16.7. The van der Waals surface area contributed by atoms with Crippen LogP contribution in [0, 0.1) is 50.2 Å². The second-order valence-corrected chi connectivity index (χ2v) is 15.0. The summed E-state index contributed by atoms with van der Waals surface area (Å²) in [6, 6.07) is 0. The van der Waals surface area contributed by atoms with Crippen molar-refractivity contribution in [1.29, 1.82) is 0 Å². The summed E-state index contributed by atoms with van der Waals surface area (Å²) in [5, 5.41) is 0. The Morgan fingerprint density at radius 2 is 1.64 bits per heavy atom. The fourth-order valence-electron chi connectivity index (χ4n) is 10.6. The quantitative estimate of drug-likeness (QED) is 0.383. The van der Waals surface area contributed by atoms with E-state index >= 15 is 0 Å². The smallest absolute Gasteiger partial charge is 0.312 e. The van der Waals surface area contributed by atoms with Crippen molar-refractivity contribution in [1.82, 2.24) is 0 Å². The van der Waals surface area contributed by atoms with Crippen molar-refractivity contribution in [3.63, 3.8) is 0 Å². The van der Waals surface area contributed by atoms with Gasteiger partial charge in [-0.05, 0) is 97.4 Å². The molecule has 5 rings (SSSR count). The average molecular weight is 497 g/mol. The van der Waals surface area contributed by atoms with Crippen LogP contribution in [0.4, 0.5) is 0 Å². The van der Waals surface area contributed by atoms with Crippen molar-refractivity contribution in [2.45, 2.75) is 113 Å². The van der Waals surface area contributed by atoms with Gasteiger partial charge in [0.25, 0.3) is 0 Å². The standard InChI is InChI=1S/C32H48O4/c1-9-28(4)22-10-13-30(6)23(29(22,5)12-11-24(28)34)18-21(33)25-20-19-27(2,3)14-16-32(20,26(35)36-8)17-15-31(25,30)7/h18,20,22,25H,9-17,19H2,1-8H3/t20-,22-,25-,28-,29-,30+,31+,32-/m0/s1. The van der Waals surface area contributed by atoms with Crippen molar-refractivity contribution in [3.8, 4) is 0 Å². The van der Waals surface area contributed by atoms with Gasteiger partial charge in [-0.15, -0.1) is 0 Å². The van der Waals surface area contributed by atoms with E-state index in [1.54, 1.807) is 0 Å². The van der Waals surface area contributed by atoms with Gasteiger partial charge in [-0.2, -0.15) is 0 Å². The van der Waals surface area contributed by atoms with Crippen LogP contribution in [0.3, 0.4) is 0 Å². The highest BCUT2D eigenvalue weighted by molar-refractivity contribution is 5.96. The molecule has 0 bridgehead atoms. The Morgan fingerprint density at radius 3 is 2.28 bits per heavy atom. The van der Waals surface area contributed by atoms with E-state index in [4.69, 9.17) is 4.74 Å². The van der Waals surface area contributed by atoms with Crippen LogP contribution in [0.1, 0.15) is 113 Å². The van der Waals surface area contributed by atoms with Gasteiger partial charge in [0.2, 0.25) is 0 Å². The van der Waals surface area contributed by atoms with Crippen LogP contribution >= 0.6 is 0 Å². The summed E-state index contributed by atoms with van der Waals surface area (Å²) in [6.45, 7) is 16.1. The minimum absolute atomic E-state index is 0.0222.